The highest BCUT2D eigenvalue weighted by Gasteiger charge is 2.48. The number of nitrogens with zero attached hydrogens (tertiary/aromatic N) is 2. The summed E-state index contributed by atoms with van der Waals surface area (Å²) in [5.41, 5.74) is -1.25. The van der Waals surface area contributed by atoms with Crippen molar-refractivity contribution in [1.29, 1.82) is 0 Å². The van der Waals surface area contributed by atoms with Gasteiger partial charge < -0.3 is 44.6 Å². The van der Waals surface area contributed by atoms with E-state index < -0.39 is 89.2 Å². The Bertz CT molecular complexity index is 1190. The van der Waals surface area contributed by atoms with Gasteiger partial charge in [0.2, 0.25) is 0 Å². The van der Waals surface area contributed by atoms with Gasteiger partial charge in [-0.1, -0.05) is 0 Å². The van der Waals surface area contributed by atoms with Crippen molar-refractivity contribution in [2.75, 3.05) is 27.3 Å². The van der Waals surface area contributed by atoms with Crippen LogP contribution in [0, 0.1) is 6.92 Å². The Morgan fingerprint density at radius 2 is 1.84 bits per heavy atom. The first-order valence-electron chi connectivity index (χ1n) is 11.2. The van der Waals surface area contributed by atoms with Gasteiger partial charge in [-0.2, -0.15) is 0 Å². The van der Waals surface area contributed by atoms with Crippen molar-refractivity contribution in [2.45, 2.75) is 62.4 Å². The van der Waals surface area contributed by atoms with Gasteiger partial charge in [-0.15, -0.1) is 0 Å². The average Bonchev–Trinajstić information content (AvgIpc) is 3.16. The lowest BCUT2D eigenvalue weighted by molar-refractivity contribution is -0.293. The minimum absolute atomic E-state index is 0.166. The van der Waals surface area contributed by atoms with Crippen molar-refractivity contribution in [2.24, 2.45) is 0 Å². The molecule has 0 aliphatic carbocycles. The number of likely N-dealkylation sites (N-methyl/N-ethyl adjacent to an activating group) is 1. The number of aliphatic hydroxyl groups is 4. The van der Waals surface area contributed by atoms with Crippen molar-refractivity contribution in [1.82, 2.24) is 14.5 Å². The Labute approximate surface area is 215 Å². The third-order valence-corrected chi connectivity index (χ3v) is 8.51. The molecule has 10 atom stereocenters. The number of rotatable bonds is 10. The number of aliphatic hydroxyl groups excluding tert-OH is 4. The van der Waals surface area contributed by atoms with Gasteiger partial charge in [-0.3, -0.25) is 28.0 Å². The topological polar surface area (TPSA) is 263 Å². The highest BCUT2D eigenvalue weighted by atomic mass is 31.3. The van der Waals surface area contributed by atoms with Crippen molar-refractivity contribution in [3.8, 4) is 0 Å². The molecule has 2 aliphatic rings. The van der Waals surface area contributed by atoms with E-state index >= 15 is 0 Å². The SMILES string of the molecule is Cc1cn([C@H]2C[C@@H](O)[C@@H](COP(=O)(O)OP(=O)([O-])O[C@H]3OC(CO)[C@@H](O)[C@H](N(C)C)C3O)O2)c(=O)[nH]c1=O. The van der Waals surface area contributed by atoms with E-state index in [1.54, 1.807) is 0 Å². The van der Waals surface area contributed by atoms with E-state index in [0.29, 0.717) is 0 Å². The Balaban J connectivity index is 1.62. The maximum absolute atomic E-state index is 12.3. The molecule has 3 rings (SSSR count). The van der Waals surface area contributed by atoms with Crippen LogP contribution in [0.15, 0.2) is 15.8 Å². The quantitative estimate of drug-likeness (QED) is 0.144. The smallest absolute Gasteiger partial charge is 0.478 e. The fourth-order valence-electron chi connectivity index (χ4n) is 4.07. The molecule has 2 fully saturated rings. The molecule has 0 aromatic carbocycles. The van der Waals surface area contributed by atoms with Crippen LogP contribution in [0.2, 0.25) is 0 Å². The molecule has 20 heteroatoms. The summed E-state index contributed by atoms with van der Waals surface area (Å²) in [4.78, 5) is 49.2. The normalized spacial score (nSPS) is 35.2. The van der Waals surface area contributed by atoms with E-state index in [1.165, 1.54) is 32.1 Å². The molecule has 2 aliphatic heterocycles. The number of phosphoric acid groups is 2. The van der Waals surface area contributed by atoms with Crippen molar-refractivity contribution < 1.29 is 62.2 Å². The zero-order valence-corrected chi connectivity index (χ0v) is 22.2. The molecule has 4 unspecified atom stereocenters. The first kappa shape index (κ1) is 31.2. The molecular weight excluding hydrogens is 560 g/mol. The van der Waals surface area contributed by atoms with Gasteiger partial charge in [-0.05, 0) is 21.0 Å². The first-order valence-corrected chi connectivity index (χ1v) is 14.1. The van der Waals surface area contributed by atoms with Crippen molar-refractivity contribution in [3.63, 3.8) is 0 Å². The molecule has 2 saturated heterocycles. The van der Waals surface area contributed by atoms with Gasteiger partial charge in [0.05, 0.1) is 25.4 Å². The van der Waals surface area contributed by atoms with Crippen LogP contribution in [-0.2, 0) is 32.0 Å². The average molecular weight is 590 g/mol. The van der Waals surface area contributed by atoms with Crippen LogP contribution in [-0.4, -0.2) is 110 Å². The van der Waals surface area contributed by atoms with E-state index in [4.69, 9.17) is 9.47 Å². The van der Waals surface area contributed by atoms with E-state index in [2.05, 4.69) is 18.3 Å². The van der Waals surface area contributed by atoms with Crippen molar-refractivity contribution >= 4 is 15.6 Å². The molecule has 0 radical (unpaired) electrons. The molecule has 0 amide bonds. The number of H-pyrrole nitrogens is 1. The summed E-state index contributed by atoms with van der Waals surface area (Å²) in [5, 5.41) is 40.2. The Morgan fingerprint density at radius 1 is 1.18 bits per heavy atom. The third kappa shape index (κ3) is 7.24. The zero-order valence-electron chi connectivity index (χ0n) is 20.4. The molecule has 0 bridgehead atoms. The summed E-state index contributed by atoms with van der Waals surface area (Å²) in [5.74, 6) is 0. The van der Waals surface area contributed by atoms with E-state index in [9.17, 15) is 48.9 Å². The highest BCUT2D eigenvalue weighted by Crippen LogP contribution is 2.59. The lowest BCUT2D eigenvalue weighted by atomic mass is 9.95. The van der Waals surface area contributed by atoms with Gasteiger partial charge in [-0.25, -0.2) is 13.7 Å². The molecule has 0 saturated carbocycles. The molecule has 218 valence electrons. The van der Waals surface area contributed by atoms with Crippen LogP contribution >= 0.6 is 15.6 Å². The number of phosphoric ester groups is 2. The minimum Gasteiger partial charge on any atom is -0.756 e. The fourth-order valence-corrected chi connectivity index (χ4v) is 6.18. The number of aryl methyl sites for hydroxylation is 1. The van der Waals surface area contributed by atoms with Gasteiger partial charge >= 0.3 is 13.5 Å². The molecule has 3 heterocycles. The van der Waals surface area contributed by atoms with Gasteiger partial charge in [0.1, 0.15) is 30.6 Å². The predicted octanol–water partition coefficient (Wildman–Crippen LogP) is -3.52. The maximum atomic E-state index is 12.3. The van der Waals surface area contributed by atoms with E-state index in [1.807, 2.05) is 0 Å². The molecule has 18 nitrogen and oxygen atoms in total. The number of ether oxygens (including phenoxy) is 2. The zero-order chi connectivity index (χ0) is 28.6. The second kappa shape index (κ2) is 12.0. The van der Waals surface area contributed by atoms with Crippen molar-refractivity contribution in [3.05, 3.63) is 32.6 Å². The maximum Gasteiger partial charge on any atom is 0.478 e. The molecule has 1 aromatic heterocycles. The lowest BCUT2D eigenvalue weighted by Crippen LogP contribution is -2.63. The van der Waals surface area contributed by atoms with Crippen LogP contribution < -0.4 is 16.1 Å². The minimum atomic E-state index is -5.72. The lowest BCUT2D eigenvalue weighted by Gasteiger charge is -2.45. The molecule has 0 spiro atoms. The number of aromatic nitrogens is 2. The van der Waals surface area contributed by atoms with Gasteiger partial charge in [0.25, 0.3) is 13.4 Å². The fraction of sp³-hybridized carbons (Fsp3) is 0.778. The molecule has 38 heavy (non-hydrogen) atoms. The Kier molecular flexibility index (Phi) is 9.88. The number of aromatic amines is 1. The standard InChI is InChI=1S/C18H31N3O15P2/c1-8-5-21(18(27)19-16(8)26)12-4-9(23)11(33-12)7-32-37(28,29)36-38(30,31)35-17-15(25)13(20(2)3)14(24)10(6-22)34-17/h5,9-15,17,22-25H,4,6-7H2,1-3H3,(H,28,29)(H,30,31)(H,19,26,27)/p-1/t9-,10?,11-,12-,13+,14-,15?,17-/m1/s1. The predicted molar refractivity (Wildman–Crippen MR) is 121 cm³/mol. The number of hydrogen-bond donors (Lipinski definition) is 6. The van der Waals surface area contributed by atoms with Crippen LogP contribution in [0.4, 0.5) is 0 Å². The Hall–Kier alpha value is -1.34. The van der Waals surface area contributed by atoms with Crippen LogP contribution in [0.3, 0.4) is 0 Å². The van der Waals surface area contributed by atoms with Crippen LogP contribution in [0.5, 0.6) is 0 Å². The Morgan fingerprint density at radius 3 is 2.45 bits per heavy atom. The van der Waals surface area contributed by atoms with Gasteiger partial charge in [0.15, 0.2) is 6.29 Å². The molecular formula is C18H30N3O15P2-. The molecule has 6 N–H and O–H groups in total. The third-order valence-electron chi connectivity index (χ3n) is 5.94. The first-order chi connectivity index (χ1) is 17.5. The van der Waals surface area contributed by atoms with Crippen LogP contribution in [0.1, 0.15) is 18.2 Å². The highest BCUT2D eigenvalue weighted by molar-refractivity contribution is 7.60. The summed E-state index contributed by atoms with van der Waals surface area (Å²) in [6.45, 7) is -0.181. The summed E-state index contributed by atoms with van der Waals surface area (Å²) in [6, 6.07) is -1.14. The second-order valence-electron chi connectivity index (χ2n) is 8.97. The summed E-state index contributed by atoms with van der Waals surface area (Å²) in [7, 11) is -8.23. The number of hydrogen-bond acceptors (Lipinski definition) is 15. The monoisotopic (exact) mass is 590 g/mol. The molecule has 1 aromatic rings. The second-order valence-corrected chi connectivity index (χ2v) is 11.9. The van der Waals surface area contributed by atoms with Gasteiger partial charge in [0, 0.05) is 18.2 Å². The van der Waals surface area contributed by atoms with E-state index in [0.717, 1.165) is 4.57 Å². The summed E-state index contributed by atoms with van der Waals surface area (Å²) >= 11 is 0. The van der Waals surface area contributed by atoms with Crippen LogP contribution in [0.25, 0.3) is 0 Å². The summed E-state index contributed by atoms with van der Waals surface area (Å²) < 4.78 is 49.4. The number of nitrogens with one attached hydrogen (secondary N) is 1. The van der Waals surface area contributed by atoms with E-state index in [-0.39, 0.29) is 12.0 Å². The summed E-state index contributed by atoms with van der Waals surface area (Å²) in [6.07, 6.45) is -9.24. The largest absolute Gasteiger partial charge is 0.756 e.